The Labute approximate surface area is 248 Å². The highest BCUT2D eigenvalue weighted by Gasteiger charge is 2.43. The second kappa shape index (κ2) is 11.1. The Bertz CT molecular complexity index is 1760. The van der Waals surface area contributed by atoms with Crippen LogP contribution in [0.5, 0.6) is 5.75 Å². The number of aromatic nitrogens is 1. The summed E-state index contributed by atoms with van der Waals surface area (Å²) in [6, 6.07) is 6.31. The maximum Gasteiger partial charge on any atom is 0.470 e. The average Bonchev–Trinajstić information content (AvgIpc) is 3.71. The highest BCUT2D eigenvalue weighted by molar-refractivity contribution is 7.46. The molecule has 2 aromatic carbocycles. The molecule has 1 aliphatic carbocycles. The Balaban J connectivity index is 1.23. The van der Waals surface area contributed by atoms with Gasteiger partial charge in [-0.3, -0.25) is 14.2 Å². The van der Waals surface area contributed by atoms with Gasteiger partial charge in [-0.15, -0.1) is 0 Å². The van der Waals surface area contributed by atoms with E-state index in [2.05, 4.69) is 0 Å². The number of phosphoric acid groups is 1. The number of cyclic esters (lactones) is 1. The Hall–Kier alpha value is -4.04. The number of carbonyl (C=O) groups is 2. The molecule has 2 aliphatic heterocycles. The number of hydrogen-bond acceptors (Lipinski definition) is 8. The monoisotopic (exact) mass is 635 g/mol. The summed E-state index contributed by atoms with van der Waals surface area (Å²) in [5.41, 5.74) is -2.03. The van der Waals surface area contributed by atoms with Gasteiger partial charge in [0, 0.05) is 36.8 Å². The molecule has 6 rings (SSSR count). The topological polar surface area (TPSA) is 168 Å². The zero-order valence-corrected chi connectivity index (χ0v) is 24.0. The minimum absolute atomic E-state index is 0.0176. The van der Waals surface area contributed by atoms with Crippen LogP contribution in [0.4, 0.5) is 25.0 Å². The number of pyridine rings is 1. The molecule has 1 saturated carbocycles. The molecular formula is C28H28F2N3O10P. The number of rotatable bonds is 9. The lowest BCUT2D eigenvalue weighted by molar-refractivity contribution is -0.0232. The SMILES string of the molecule is O=C(O)c1cn(C2CC2)c2cc(N3CCC(COc4ccc(N5CCOC5=O)cc4F)(OP(=O)(O)O)CC3)c(F)cc2c1=O. The van der Waals surface area contributed by atoms with E-state index in [1.165, 1.54) is 29.3 Å². The van der Waals surface area contributed by atoms with Crippen molar-refractivity contribution in [2.24, 2.45) is 0 Å². The molecule has 3 heterocycles. The molecule has 0 atom stereocenters. The minimum Gasteiger partial charge on any atom is -0.487 e. The standard InChI is InChI=1S/C28H28F2N3O10P/c29-20-12-18-22(33(16-1-2-16)14-19(25(18)34)26(35)36)13-23(20)31-7-5-28(6-8-31,43-44(38,39)40)15-42-24-4-3-17(11-21(24)30)32-9-10-41-27(32)37/h3-4,11-14,16H,1-2,5-10,15H2,(H,35,36)(H2,38,39,40). The number of phosphoric ester groups is 1. The van der Waals surface area contributed by atoms with Gasteiger partial charge in [-0.2, -0.15) is 0 Å². The van der Waals surface area contributed by atoms with Crippen molar-refractivity contribution in [1.29, 1.82) is 0 Å². The molecule has 0 unspecified atom stereocenters. The summed E-state index contributed by atoms with van der Waals surface area (Å²) >= 11 is 0. The molecule has 1 amide bonds. The van der Waals surface area contributed by atoms with Crippen molar-refractivity contribution in [2.45, 2.75) is 37.3 Å². The molecule has 0 spiro atoms. The van der Waals surface area contributed by atoms with Crippen LogP contribution in [0.25, 0.3) is 10.9 Å². The van der Waals surface area contributed by atoms with Crippen LogP contribution in [0.15, 0.2) is 41.3 Å². The number of amides is 1. The predicted octanol–water partition coefficient (Wildman–Crippen LogP) is 3.80. The molecule has 3 fully saturated rings. The Morgan fingerprint density at radius 3 is 2.39 bits per heavy atom. The first-order valence-corrected chi connectivity index (χ1v) is 15.4. The van der Waals surface area contributed by atoms with Crippen LogP contribution in [0.1, 0.15) is 42.1 Å². The quantitative estimate of drug-likeness (QED) is 0.293. The van der Waals surface area contributed by atoms with Gasteiger partial charge in [0.25, 0.3) is 0 Å². The van der Waals surface area contributed by atoms with Gasteiger partial charge in [-0.05, 0) is 49.9 Å². The predicted molar refractivity (Wildman–Crippen MR) is 151 cm³/mol. The fourth-order valence-corrected chi connectivity index (χ4v) is 6.43. The number of benzene rings is 2. The number of piperidine rings is 1. The van der Waals surface area contributed by atoms with E-state index in [0.717, 1.165) is 25.0 Å². The zero-order valence-electron chi connectivity index (χ0n) is 23.1. The van der Waals surface area contributed by atoms with E-state index >= 15 is 4.39 Å². The van der Waals surface area contributed by atoms with Crippen molar-refractivity contribution in [3.8, 4) is 5.75 Å². The molecule has 0 radical (unpaired) electrons. The van der Waals surface area contributed by atoms with Crippen molar-refractivity contribution in [1.82, 2.24) is 4.57 Å². The number of ether oxygens (including phenoxy) is 2. The average molecular weight is 636 g/mol. The maximum absolute atomic E-state index is 15.4. The number of hydrogen-bond donors (Lipinski definition) is 3. The van der Waals surface area contributed by atoms with E-state index in [1.54, 1.807) is 9.47 Å². The van der Waals surface area contributed by atoms with Crippen LogP contribution in [0, 0.1) is 11.6 Å². The summed E-state index contributed by atoms with van der Waals surface area (Å²) in [6.07, 6.45) is 2.15. The van der Waals surface area contributed by atoms with E-state index in [1.807, 2.05) is 0 Å². The van der Waals surface area contributed by atoms with Gasteiger partial charge in [0.15, 0.2) is 11.6 Å². The van der Waals surface area contributed by atoms with Crippen molar-refractivity contribution >= 4 is 42.2 Å². The number of fused-ring (bicyclic) bond motifs is 1. The first kappa shape index (κ1) is 30.0. The second-order valence-electron chi connectivity index (χ2n) is 11.1. The maximum atomic E-state index is 15.4. The van der Waals surface area contributed by atoms with Crippen LogP contribution < -0.4 is 20.0 Å². The van der Waals surface area contributed by atoms with E-state index in [-0.39, 0.29) is 67.6 Å². The summed E-state index contributed by atoms with van der Waals surface area (Å²) in [5.74, 6) is -3.19. The van der Waals surface area contributed by atoms with Gasteiger partial charge in [0.1, 0.15) is 30.2 Å². The number of carboxylic acids is 1. The summed E-state index contributed by atoms with van der Waals surface area (Å²) in [7, 11) is -5.04. The minimum atomic E-state index is -5.04. The summed E-state index contributed by atoms with van der Waals surface area (Å²) in [5, 5.41) is 9.42. The van der Waals surface area contributed by atoms with Gasteiger partial charge in [-0.25, -0.2) is 22.9 Å². The fourth-order valence-electron chi connectivity index (χ4n) is 5.69. The van der Waals surface area contributed by atoms with Gasteiger partial charge in [0.05, 0.1) is 23.4 Å². The zero-order chi connectivity index (χ0) is 31.4. The fraction of sp³-hybridized carbons (Fsp3) is 0.393. The summed E-state index contributed by atoms with van der Waals surface area (Å²) in [6.45, 7) is 0.116. The number of carbonyl (C=O) groups excluding carboxylic acids is 1. The molecule has 3 aliphatic rings. The molecule has 13 nitrogen and oxygen atoms in total. The van der Waals surface area contributed by atoms with Gasteiger partial charge in [-0.1, -0.05) is 0 Å². The Morgan fingerprint density at radius 1 is 1.07 bits per heavy atom. The largest absolute Gasteiger partial charge is 0.487 e. The molecule has 234 valence electrons. The normalized spacial score (nSPS) is 18.5. The Kier molecular flexibility index (Phi) is 7.60. The number of carboxylic acid groups (broad SMARTS) is 1. The van der Waals surface area contributed by atoms with E-state index in [9.17, 15) is 38.2 Å². The number of nitrogens with zero attached hydrogens (tertiary/aromatic N) is 3. The lowest BCUT2D eigenvalue weighted by Crippen LogP contribution is -2.49. The van der Waals surface area contributed by atoms with E-state index < -0.39 is 54.7 Å². The smallest absolute Gasteiger partial charge is 0.470 e. The molecular weight excluding hydrogens is 607 g/mol. The van der Waals surface area contributed by atoms with Crippen LogP contribution in [0.3, 0.4) is 0 Å². The van der Waals surface area contributed by atoms with Crippen LogP contribution in [-0.4, -0.2) is 70.0 Å². The molecule has 3 N–H and O–H groups in total. The molecule has 3 aromatic rings. The van der Waals surface area contributed by atoms with Crippen LogP contribution >= 0.6 is 7.82 Å². The third kappa shape index (κ3) is 5.87. The highest BCUT2D eigenvalue weighted by atomic mass is 31.2. The van der Waals surface area contributed by atoms with Crippen molar-refractivity contribution in [3.63, 3.8) is 0 Å². The third-order valence-electron chi connectivity index (χ3n) is 8.08. The van der Waals surface area contributed by atoms with Crippen LogP contribution in [-0.2, 0) is 13.8 Å². The molecule has 1 aromatic heterocycles. The lowest BCUT2D eigenvalue weighted by atomic mass is 9.92. The number of halogens is 2. The van der Waals surface area contributed by atoms with Crippen molar-refractivity contribution in [2.75, 3.05) is 42.6 Å². The second-order valence-corrected chi connectivity index (χ2v) is 12.2. The third-order valence-corrected chi connectivity index (χ3v) is 8.70. The summed E-state index contributed by atoms with van der Waals surface area (Å²) in [4.78, 5) is 58.4. The van der Waals surface area contributed by atoms with E-state index in [4.69, 9.17) is 14.0 Å². The number of aromatic carboxylic acids is 1. The van der Waals surface area contributed by atoms with Gasteiger partial charge >= 0.3 is 19.9 Å². The van der Waals surface area contributed by atoms with Gasteiger partial charge in [0.2, 0.25) is 5.43 Å². The molecule has 2 saturated heterocycles. The van der Waals surface area contributed by atoms with Crippen molar-refractivity contribution < 1.29 is 51.8 Å². The molecule has 0 bridgehead atoms. The van der Waals surface area contributed by atoms with E-state index in [0.29, 0.717) is 5.52 Å². The lowest BCUT2D eigenvalue weighted by Gasteiger charge is -2.42. The molecule has 44 heavy (non-hydrogen) atoms. The first-order chi connectivity index (χ1) is 20.8. The number of anilines is 2. The Morgan fingerprint density at radius 2 is 1.80 bits per heavy atom. The van der Waals surface area contributed by atoms with Crippen molar-refractivity contribution in [3.05, 3.63) is 63.9 Å². The highest BCUT2D eigenvalue weighted by Crippen LogP contribution is 2.46. The molecule has 16 heteroatoms. The van der Waals surface area contributed by atoms with Crippen LogP contribution in [0.2, 0.25) is 0 Å². The first-order valence-electron chi connectivity index (χ1n) is 13.8. The van der Waals surface area contributed by atoms with Gasteiger partial charge < -0.3 is 33.8 Å². The summed E-state index contributed by atoms with van der Waals surface area (Å²) < 4.78 is 59.6.